The van der Waals surface area contributed by atoms with Crippen LogP contribution in [0.15, 0.2) is 51.8 Å². The van der Waals surface area contributed by atoms with Gasteiger partial charge in [-0.05, 0) is 30.3 Å². The summed E-state index contributed by atoms with van der Waals surface area (Å²) in [5.41, 5.74) is 3.43. The van der Waals surface area contributed by atoms with E-state index in [4.69, 9.17) is 10.2 Å². The van der Waals surface area contributed by atoms with Crippen molar-refractivity contribution in [2.45, 2.75) is 11.1 Å². The smallest absolute Gasteiger partial charge is 0.419 e. The molecule has 3 aromatic rings. The molecule has 0 aliphatic carbocycles. The molecular formula is C16H10F4N2O4S. The number of anilines is 1. The summed E-state index contributed by atoms with van der Waals surface area (Å²) in [5.74, 6) is -3.31. The lowest BCUT2D eigenvalue weighted by atomic mass is 10.2. The zero-order chi connectivity index (χ0) is 20.0. The Morgan fingerprint density at radius 2 is 1.78 bits per heavy atom. The number of benzene rings is 2. The molecule has 0 aliphatic heterocycles. The van der Waals surface area contributed by atoms with Crippen LogP contribution in [-0.2, 0) is 16.2 Å². The minimum absolute atomic E-state index is 0.155. The highest BCUT2D eigenvalue weighted by atomic mass is 32.2. The van der Waals surface area contributed by atoms with E-state index >= 15 is 0 Å². The first-order valence-corrected chi connectivity index (χ1v) is 8.70. The minimum atomic E-state index is -4.97. The largest absolute Gasteiger partial charge is 0.449 e. The van der Waals surface area contributed by atoms with Crippen molar-refractivity contribution in [1.29, 1.82) is 0 Å². The number of hydrogen-bond acceptors (Lipinski definition) is 4. The lowest BCUT2D eigenvalue weighted by Crippen LogP contribution is -2.18. The van der Waals surface area contributed by atoms with Crippen molar-refractivity contribution in [1.82, 2.24) is 0 Å². The van der Waals surface area contributed by atoms with Gasteiger partial charge in [0.1, 0.15) is 17.1 Å². The molecule has 0 aliphatic rings. The maximum Gasteiger partial charge on any atom is 0.419 e. The fourth-order valence-electron chi connectivity index (χ4n) is 2.41. The van der Waals surface area contributed by atoms with Crippen LogP contribution in [0.1, 0.15) is 16.1 Å². The molecule has 1 amide bonds. The molecule has 11 heteroatoms. The van der Waals surface area contributed by atoms with Crippen LogP contribution in [0.25, 0.3) is 11.0 Å². The summed E-state index contributed by atoms with van der Waals surface area (Å²) >= 11 is 0. The highest BCUT2D eigenvalue weighted by Crippen LogP contribution is 2.34. The van der Waals surface area contributed by atoms with Crippen LogP contribution in [0, 0.1) is 5.82 Å². The Hall–Kier alpha value is -3.08. The quantitative estimate of drug-likeness (QED) is 0.652. The zero-order valence-electron chi connectivity index (χ0n) is 13.2. The van der Waals surface area contributed by atoms with Crippen molar-refractivity contribution in [3.63, 3.8) is 0 Å². The number of fused-ring (bicyclic) bond motifs is 1. The van der Waals surface area contributed by atoms with E-state index in [0.717, 1.165) is 0 Å². The lowest BCUT2D eigenvalue weighted by Gasteiger charge is -2.11. The van der Waals surface area contributed by atoms with Crippen LogP contribution >= 0.6 is 0 Å². The van der Waals surface area contributed by atoms with Crippen LogP contribution < -0.4 is 10.5 Å². The molecule has 0 bridgehead atoms. The summed E-state index contributed by atoms with van der Waals surface area (Å²) in [6.07, 6.45) is -4.97. The number of nitrogens with two attached hydrogens (primary N) is 1. The molecule has 0 saturated carbocycles. The Bertz CT molecular complexity index is 1150. The normalized spacial score (nSPS) is 12.3. The fraction of sp³-hybridized carbons (Fsp3) is 0.0625. The summed E-state index contributed by atoms with van der Waals surface area (Å²) in [5, 5.41) is 0.197. The van der Waals surface area contributed by atoms with Gasteiger partial charge in [-0.25, -0.2) is 12.8 Å². The van der Waals surface area contributed by atoms with E-state index < -0.39 is 44.1 Å². The molecule has 2 aromatic carbocycles. The molecule has 0 radical (unpaired) electrons. The van der Waals surface area contributed by atoms with Gasteiger partial charge in [0.15, 0.2) is 0 Å². The van der Waals surface area contributed by atoms with Crippen LogP contribution in [0.2, 0.25) is 0 Å². The molecule has 6 nitrogen and oxygen atoms in total. The summed E-state index contributed by atoms with van der Waals surface area (Å²) < 4.78 is 83.8. The number of para-hydroxylation sites is 1. The first-order valence-electron chi connectivity index (χ1n) is 7.21. The summed E-state index contributed by atoms with van der Waals surface area (Å²) in [6, 6.07) is 7.15. The minimum Gasteiger partial charge on any atom is -0.449 e. The van der Waals surface area contributed by atoms with Gasteiger partial charge in [0.2, 0.25) is 5.76 Å². The second kappa shape index (κ2) is 6.27. The molecule has 3 rings (SSSR count). The molecule has 1 aromatic heterocycles. The Morgan fingerprint density at radius 1 is 1.11 bits per heavy atom. The first kappa shape index (κ1) is 18.7. The Kier molecular flexibility index (Phi) is 4.34. The molecule has 3 N–H and O–H groups in total. The summed E-state index contributed by atoms with van der Waals surface area (Å²) in [7, 11) is -4.54. The molecule has 0 fully saturated rings. The fourth-order valence-corrected chi connectivity index (χ4v) is 3.50. The van der Waals surface area contributed by atoms with Crippen LogP contribution in [0.4, 0.5) is 23.2 Å². The van der Waals surface area contributed by atoms with Gasteiger partial charge in [0, 0.05) is 5.39 Å². The van der Waals surface area contributed by atoms with E-state index in [1.54, 1.807) is 6.07 Å². The number of rotatable bonds is 4. The van der Waals surface area contributed by atoms with Crippen LogP contribution in [0.3, 0.4) is 0 Å². The average Bonchev–Trinajstić information content (AvgIpc) is 2.92. The van der Waals surface area contributed by atoms with Crippen LogP contribution in [0.5, 0.6) is 0 Å². The third-order valence-electron chi connectivity index (χ3n) is 3.61. The molecule has 27 heavy (non-hydrogen) atoms. The SMILES string of the molecule is NC(=O)c1oc2ccccc2c1NS(=O)(=O)c1ccc(C(F)(F)F)c(F)c1. The number of halogens is 4. The van der Waals surface area contributed by atoms with Crippen molar-refractivity contribution in [3.8, 4) is 0 Å². The monoisotopic (exact) mass is 402 g/mol. The molecule has 1 heterocycles. The topological polar surface area (TPSA) is 102 Å². The van der Waals surface area contributed by atoms with E-state index in [1.807, 2.05) is 4.72 Å². The number of primary amides is 1. The van der Waals surface area contributed by atoms with Crippen LogP contribution in [-0.4, -0.2) is 14.3 Å². The number of carbonyl (C=O) groups excluding carboxylic acids is 1. The second-order valence-electron chi connectivity index (χ2n) is 5.41. The van der Waals surface area contributed by atoms with E-state index in [-0.39, 0.29) is 22.7 Å². The number of alkyl halides is 3. The van der Waals surface area contributed by atoms with Gasteiger partial charge in [-0.15, -0.1) is 0 Å². The van der Waals surface area contributed by atoms with Gasteiger partial charge in [-0.2, -0.15) is 13.2 Å². The van der Waals surface area contributed by atoms with Gasteiger partial charge in [-0.3, -0.25) is 9.52 Å². The van der Waals surface area contributed by atoms with Crippen molar-refractivity contribution in [2.24, 2.45) is 5.73 Å². The number of sulfonamides is 1. The van der Waals surface area contributed by atoms with Crippen molar-refractivity contribution in [2.75, 3.05) is 4.72 Å². The predicted molar refractivity (Wildman–Crippen MR) is 86.9 cm³/mol. The van der Waals surface area contributed by atoms with E-state index in [2.05, 4.69) is 0 Å². The highest BCUT2D eigenvalue weighted by molar-refractivity contribution is 7.92. The summed E-state index contributed by atoms with van der Waals surface area (Å²) in [4.78, 5) is 10.8. The molecule has 0 spiro atoms. The van der Waals surface area contributed by atoms with Gasteiger partial charge in [0.05, 0.1) is 10.5 Å². The Balaban J connectivity index is 2.08. The van der Waals surface area contributed by atoms with E-state index in [9.17, 15) is 30.8 Å². The van der Waals surface area contributed by atoms with Gasteiger partial charge in [0.25, 0.3) is 15.9 Å². The zero-order valence-corrected chi connectivity index (χ0v) is 14.0. The second-order valence-corrected chi connectivity index (χ2v) is 7.09. The van der Waals surface area contributed by atoms with E-state index in [1.165, 1.54) is 18.2 Å². The third kappa shape index (κ3) is 3.45. The van der Waals surface area contributed by atoms with Gasteiger partial charge in [-0.1, -0.05) is 12.1 Å². The Labute approximate surface area is 149 Å². The predicted octanol–water partition coefficient (Wildman–Crippen LogP) is 3.49. The van der Waals surface area contributed by atoms with Crippen molar-refractivity contribution < 1.29 is 35.2 Å². The van der Waals surface area contributed by atoms with E-state index in [0.29, 0.717) is 12.1 Å². The molecule has 142 valence electrons. The number of hydrogen-bond donors (Lipinski definition) is 2. The highest BCUT2D eigenvalue weighted by Gasteiger charge is 2.35. The van der Waals surface area contributed by atoms with Crippen molar-refractivity contribution >= 4 is 32.6 Å². The molecule has 0 saturated heterocycles. The van der Waals surface area contributed by atoms with Gasteiger partial charge >= 0.3 is 6.18 Å². The van der Waals surface area contributed by atoms with Gasteiger partial charge < -0.3 is 10.2 Å². The number of carbonyl (C=O) groups is 1. The molecular weight excluding hydrogens is 392 g/mol. The maximum absolute atomic E-state index is 13.7. The van der Waals surface area contributed by atoms with Crippen molar-refractivity contribution in [3.05, 3.63) is 59.6 Å². The maximum atomic E-state index is 13.7. The Morgan fingerprint density at radius 3 is 2.37 bits per heavy atom. The standard InChI is InChI=1S/C16H10F4N2O4S/c17-11-7-8(5-6-10(11)16(18,19)20)27(24,25)22-13-9-3-1-2-4-12(9)26-14(13)15(21)23/h1-7,22H,(H2,21,23). The number of amides is 1. The first-order chi connectivity index (χ1) is 12.5. The lowest BCUT2D eigenvalue weighted by molar-refractivity contribution is -0.140. The molecule has 0 unspecified atom stereocenters. The number of nitrogens with one attached hydrogen (secondary N) is 1. The molecule has 0 atom stereocenters. The summed E-state index contributed by atoms with van der Waals surface area (Å²) in [6.45, 7) is 0. The number of furan rings is 1. The average molecular weight is 402 g/mol. The third-order valence-corrected chi connectivity index (χ3v) is 4.96.